The molecule has 0 radical (unpaired) electrons. The van der Waals surface area contributed by atoms with Crippen molar-refractivity contribution in [2.45, 2.75) is 0 Å². The maximum absolute atomic E-state index is 6.78. The van der Waals surface area contributed by atoms with Gasteiger partial charge >= 0.3 is 0 Å². The average molecular weight is 717 g/mol. The highest BCUT2D eigenvalue weighted by Crippen LogP contribution is 2.50. The van der Waals surface area contributed by atoms with Gasteiger partial charge in [-0.3, -0.25) is 0 Å². The van der Waals surface area contributed by atoms with Crippen LogP contribution in [0.4, 0.5) is 17.1 Å². The summed E-state index contributed by atoms with van der Waals surface area (Å²) < 4.78 is 15.5. The smallest absolute Gasteiger partial charge is 0.160 e. The Morgan fingerprint density at radius 1 is 0.411 bits per heavy atom. The molecule has 3 heterocycles. The van der Waals surface area contributed by atoms with Crippen molar-refractivity contribution in [3.05, 3.63) is 194 Å². The van der Waals surface area contributed by atoms with Crippen LogP contribution in [-0.4, -0.2) is 4.57 Å². The molecule has 12 rings (SSSR count). The van der Waals surface area contributed by atoms with E-state index in [2.05, 4.69) is 185 Å². The molecule has 4 heteroatoms. The first-order chi connectivity index (χ1) is 27.8. The summed E-state index contributed by atoms with van der Waals surface area (Å²) in [5.74, 6) is 1.73. The number of benzene rings is 9. The van der Waals surface area contributed by atoms with Crippen molar-refractivity contribution in [1.29, 1.82) is 0 Å². The van der Waals surface area contributed by atoms with Crippen LogP contribution in [0.2, 0.25) is 0 Å². The van der Waals surface area contributed by atoms with Crippen LogP contribution in [0.15, 0.2) is 199 Å². The molecule has 262 valence electrons. The minimum absolute atomic E-state index is 0.853. The summed E-state index contributed by atoms with van der Waals surface area (Å²) in [5.41, 5.74) is 12.7. The van der Waals surface area contributed by atoms with Gasteiger partial charge in [0.15, 0.2) is 11.5 Å². The van der Waals surface area contributed by atoms with Gasteiger partial charge in [0.25, 0.3) is 0 Å². The van der Waals surface area contributed by atoms with Gasteiger partial charge in [0.05, 0.1) is 16.7 Å². The summed E-state index contributed by atoms with van der Waals surface area (Å²) in [7, 11) is 0. The monoisotopic (exact) mass is 716 g/mol. The van der Waals surface area contributed by atoms with E-state index >= 15 is 0 Å². The number of rotatable bonds is 5. The minimum Gasteiger partial charge on any atom is -0.456 e. The lowest BCUT2D eigenvalue weighted by Gasteiger charge is -2.26. The van der Waals surface area contributed by atoms with Crippen molar-refractivity contribution in [2.75, 3.05) is 4.90 Å². The summed E-state index contributed by atoms with van der Waals surface area (Å²) in [4.78, 5) is 2.31. The van der Waals surface area contributed by atoms with E-state index in [1.807, 2.05) is 18.2 Å². The molecule has 0 unspecified atom stereocenters. The lowest BCUT2D eigenvalue weighted by molar-refractivity contribution is 0.478. The Hall–Kier alpha value is -7.56. The predicted octanol–water partition coefficient (Wildman–Crippen LogP) is 14.7. The van der Waals surface area contributed by atoms with Crippen LogP contribution in [0.5, 0.6) is 11.5 Å². The van der Waals surface area contributed by atoms with Crippen LogP contribution in [0, 0.1) is 0 Å². The molecule has 0 aliphatic carbocycles. The molecule has 0 saturated carbocycles. The van der Waals surface area contributed by atoms with Gasteiger partial charge in [-0.2, -0.15) is 0 Å². The molecule has 0 N–H and O–H groups in total. The first-order valence-electron chi connectivity index (χ1n) is 19.0. The van der Waals surface area contributed by atoms with Gasteiger partial charge in [0.2, 0.25) is 0 Å². The zero-order valence-corrected chi connectivity index (χ0v) is 30.2. The van der Waals surface area contributed by atoms with E-state index in [9.17, 15) is 0 Å². The number of anilines is 3. The van der Waals surface area contributed by atoms with Crippen LogP contribution < -0.4 is 9.64 Å². The van der Waals surface area contributed by atoms with Gasteiger partial charge in [-0.25, -0.2) is 0 Å². The van der Waals surface area contributed by atoms with Crippen LogP contribution in [-0.2, 0) is 0 Å². The highest BCUT2D eigenvalue weighted by molar-refractivity contribution is 6.14. The number of nitrogens with zero attached hydrogens (tertiary/aromatic N) is 2. The van der Waals surface area contributed by atoms with Crippen molar-refractivity contribution >= 4 is 71.6 Å². The molecule has 56 heavy (non-hydrogen) atoms. The molecule has 0 atom stereocenters. The Kier molecular flexibility index (Phi) is 6.60. The number of hydrogen-bond acceptors (Lipinski definition) is 3. The first kappa shape index (κ1) is 30.9. The minimum atomic E-state index is 0.853. The van der Waals surface area contributed by atoms with Crippen molar-refractivity contribution in [3.8, 4) is 39.4 Å². The fourth-order valence-corrected chi connectivity index (χ4v) is 8.80. The number of furan rings is 1. The second-order valence-electron chi connectivity index (χ2n) is 14.5. The van der Waals surface area contributed by atoms with Gasteiger partial charge in [-0.15, -0.1) is 0 Å². The van der Waals surface area contributed by atoms with Crippen LogP contribution >= 0.6 is 0 Å². The topological polar surface area (TPSA) is 30.5 Å². The molecular weight excluding hydrogens is 685 g/mol. The van der Waals surface area contributed by atoms with Gasteiger partial charge < -0.3 is 18.6 Å². The van der Waals surface area contributed by atoms with E-state index in [0.29, 0.717) is 0 Å². The molecule has 9 aromatic carbocycles. The van der Waals surface area contributed by atoms with Crippen molar-refractivity contribution in [1.82, 2.24) is 4.57 Å². The molecule has 1 aliphatic heterocycles. The molecule has 0 fully saturated rings. The maximum Gasteiger partial charge on any atom is 0.160 e. The van der Waals surface area contributed by atoms with Crippen LogP contribution in [0.1, 0.15) is 0 Å². The third-order valence-corrected chi connectivity index (χ3v) is 11.4. The third-order valence-electron chi connectivity index (χ3n) is 11.4. The van der Waals surface area contributed by atoms with Crippen molar-refractivity contribution < 1.29 is 9.15 Å². The fourth-order valence-electron chi connectivity index (χ4n) is 8.80. The summed E-state index contributed by atoms with van der Waals surface area (Å²) in [6.45, 7) is 0. The Morgan fingerprint density at radius 2 is 1.04 bits per heavy atom. The van der Waals surface area contributed by atoms with Gasteiger partial charge in [0, 0.05) is 50.2 Å². The van der Waals surface area contributed by atoms with Gasteiger partial charge in [-0.05, 0) is 94.2 Å². The summed E-state index contributed by atoms with van der Waals surface area (Å²) >= 11 is 0. The van der Waals surface area contributed by atoms with Crippen molar-refractivity contribution in [3.63, 3.8) is 0 Å². The van der Waals surface area contributed by atoms with E-state index in [-0.39, 0.29) is 0 Å². The molecule has 0 saturated heterocycles. The van der Waals surface area contributed by atoms with E-state index in [4.69, 9.17) is 9.15 Å². The maximum atomic E-state index is 6.78. The van der Waals surface area contributed by atoms with Crippen LogP contribution in [0.3, 0.4) is 0 Å². The van der Waals surface area contributed by atoms with E-state index in [1.165, 1.54) is 38.2 Å². The third kappa shape index (κ3) is 4.60. The summed E-state index contributed by atoms with van der Waals surface area (Å²) in [5, 5.41) is 7.11. The Balaban J connectivity index is 0.995. The first-order valence-corrected chi connectivity index (χ1v) is 19.0. The lowest BCUT2D eigenvalue weighted by atomic mass is 9.98. The molecule has 4 nitrogen and oxygen atoms in total. The highest BCUT2D eigenvalue weighted by Gasteiger charge is 2.26. The molecule has 0 bridgehead atoms. The quantitative estimate of drug-likeness (QED) is 0.178. The average Bonchev–Trinajstić information content (AvgIpc) is 3.81. The SMILES string of the molecule is c1ccc2c(c1)Oc1c(-c3ccc(N(c4ccc(-c5cccc6ccccc56)cc4)c4ccc5c(c4)oc4ccccc45)cc3)ccc3c4ccccc4n-2c13. The van der Waals surface area contributed by atoms with E-state index in [1.54, 1.807) is 0 Å². The largest absolute Gasteiger partial charge is 0.456 e. The predicted molar refractivity (Wildman–Crippen MR) is 231 cm³/mol. The normalized spacial score (nSPS) is 12.1. The van der Waals surface area contributed by atoms with Crippen LogP contribution in [0.25, 0.3) is 82.5 Å². The Morgan fingerprint density at radius 3 is 1.88 bits per heavy atom. The molecular formula is C52H32N2O2. The number of hydrogen-bond donors (Lipinski definition) is 0. The molecule has 0 spiro atoms. The second-order valence-corrected chi connectivity index (χ2v) is 14.5. The lowest BCUT2D eigenvalue weighted by Crippen LogP contribution is -2.09. The molecule has 0 amide bonds. The van der Waals surface area contributed by atoms with Gasteiger partial charge in [-0.1, -0.05) is 121 Å². The standard InChI is InChI=1S/C52H32N2O2/c1-2-12-39-33(10-1)11-9-15-40(39)34-20-24-36(25-21-34)53(38-28-29-44-43-14-4-7-18-48(43)55-50(44)32-38)37-26-22-35(23-27-37)41-30-31-45-42-13-3-5-16-46(42)54-47-17-6-8-19-49(47)56-52(41)51(45)54/h1-32H. The fraction of sp³-hybridized carbons (Fsp3) is 0. The molecule has 2 aromatic heterocycles. The Bertz CT molecular complexity index is 3330. The summed E-state index contributed by atoms with van der Waals surface area (Å²) in [6.07, 6.45) is 0. The zero-order valence-electron chi connectivity index (χ0n) is 30.2. The zero-order chi connectivity index (χ0) is 36.7. The molecule has 11 aromatic rings. The van der Waals surface area contributed by atoms with Crippen molar-refractivity contribution in [2.24, 2.45) is 0 Å². The number of fused-ring (bicyclic) bond motifs is 9. The summed E-state index contributed by atoms with van der Waals surface area (Å²) in [6, 6.07) is 68.9. The van der Waals surface area contributed by atoms with E-state index in [0.717, 1.165) is 72.8 Å². The number of ether oxygens (including phenoxy) is 1. The molecule has 1 aliphatic rings. The highest BCUT2D eigenvalue weighted by atomic mass is 16.5. The number of para-hydroxylation sites is 4. The Labute approximate surface area is 322 Å². The second kappa shape index (κ2) is 12.0. The number of aromatic nitrogens is 1. The van der Waals surface area contributed by atoms with Gasteiger partial charge in [0.1, 0.15) is 11.2 Å². The van der Waals surface area contributed by atoms with E-state index < -0.39 is 0 Å².